The molecule has 1 aromatic carbocycles. The van der Waals surface area contributed by atoms with Crippen molar-refractivity contribution in [2.24, 2.45) is 0 Å². The van der Waals surface area contributed by atoms with Crippen LogP contribution < -0.4 is 9.47 Å². The zero-order valence-corrected chi connectivity index (χ0v) is 16.2. The van der Waals surface area contributed by atoms with Gasteiger partial charge in [0.2, 0.25) is 0 Å². The van der Waals surface area contributed by atoms with Crippen molar-refractivity contribution in [1.82, 2.24) is 10.1 Å². The van der Waals surface area contributed by atoms with E-state index in [1.807, 2.05) is 28.5 Å². The average molecular weight is 384 g/mol. The molecule has 27 heavy (non-hydrogen) atoms. The Hall–Kier alpha value is -2.80. The Labute approximate surface area is 161 Å². The molecule has 4 rings (SSSR count). The van der Waals surface area contributed by atoms with E-state index in [4.69, 9.17) is 14.0 Å². The van der Waals surface area contributed by atoms with E-state index in [2.05, 4.69) is 11.2 Å². The summed E-state index contributed by atoms with van der Waals surface area (Å²) in [6, 6.07) is 9.52. The Morgan fingerprint density at radius 1 is 1.26 bits per heavy atom. The molecule has 0 saturated carbocycles. The van der Waals surface area contributed by atoms with Crippen molar-refractivity contribution in [2.45, 2.75) is 19.4 Å². The third-order valence-corrected chi connectivity index (χ3v) is 5.72. The normalized spacial score (nSPS) is 16.1. The van der Waals surface area contributed by atoms with E-state index < -0.39 is 0 Å². The minimum Gasteiger partial charge on any atom is -0.493 e. The van der Waals surface area contributed by atoms with Gasteiger partial charge in [-0.15, -0.1) is 11.3 Å². The predicted octanol–water partition coefficient (Wildman–Crippen LogP) is 3.85. The highest BCUT2D eigenvalue weighted by molar-refractivity contribution is 7.10. The molecule has 0 spiro atoms. The lowest BCUT2D eigenvalue weighted by atomic mass is 9.90. The molecule has 0 saturated heterocycles. The Morgan fingerprint density at radius 3 is 2.67 bits per heavy atom. The van der Waals surface area contributed by atoms with Crippen LogP contribution in [0.5, 0.6) is 11.5 Å². The largest absolute Gasteiger partial charge is 0.493 e. The molecule has 0 bridgehead atoms. The zero-order chi connectivity index (χ0) is 19.0. The summed E-state index contributed by atoms with van der Waals surface area (Å²) in [4.78, 5) is 16.1. The molecule has 2 aromatic heterocycles. The van der Waals surface area contributed by atoms with Crippen molar-refractivity contribution < 1.29 is 18.8 Å². The van der Waals surface area contributed by atoms with Crippen molar-refractivity contribution >= 4 is 17.2 Å². The Balaban J connectivity index is 1.82. The summed E-state index contributed by atoms with van der Waals surface area (Å²) < 4.78 is 16.1. The zero-order valence-electron chi connectivity index (χ0n) is 15.4. The highest BCUT2D eigenvalue weighted by Gasteiger charge is 2.35. The first kappa shape index (κ1) is 17.6. The fourth-order valence-corrected chi connectivity index (χ4v) is 4.39. The highest BCUT2D eigenvalue weighted by Crippen LogP contribution is 2.42. The Kier molecular flexibility index (Phi) is 4.61. The van der Waals surface area contributed by atoms with Crippen LogP contribution in [0.3, 0.4) is 0 Å². The van der Waals surface area contributed by atoms with Gasteiger partial charge >= 0.3 is 0 Å². The minimum atomic E-state index is -0.196. The number of hydrogen-bond acceptors (Lipinski definition) is 6. The van der Waals surface area contributed by atoms with Crippen LogP contribution >= 0.6 is 11.3 Å². The van der Waals surface area contributed by atoms with Gasteiger partial charge in [0.05, 0.1) is 20.3 Å². The number of carbonyl (C=O) groups is 1. The SMILES string of the molecule is COc1cc2c(cc1OC)C(c1cccs1)N(C(=O)c1cc(C)on1)CC2. The molecule has 0 N–H and O–H groups in total. The summed E-state index contributed by atoms with van der Waals surface area (Å²) in [6.45, 7) is 2.37. The first-order valence-corrected chi connectivity index (χ1v) is 9.52. The van der Waals surface area contributed by atoms with Gasteiger partial charge in [-0.3, -0.25) is 4.79 Å². The van der Waals surface area contributed by atoms with Crippen LogP contribution in [0, 0.1) is 6.92 Å². The molecule has 1 unspecified atom stereocenters. The molecule has 0 radical (unpaired) electrons. The van der Waals surface area contributed by atoms with Gasteiger partial charge in [-0.2, -0.15) is 0 Å². The molecule has 3 heterocycles. The average Bonchev–Trinajstić information content (AvgIpc) is 3.37. The molecule has 0 aliphatic carbocycles. The number of aryl methyl sites for hydroxylation is 1. The number of fused-ring (bicyclic) bond motifs is 1. The standard InChI is InChI=1S/C20H20N2O4S/c1-12-9-15(21-26-12)20(23)22-7-6-13-10-16(24-2)17(25-3)11-14(13)19(22)18-5-4-8-27-18/h4-5,8-11,19H,6-7H2,1-3H3. The first-order chi connectivity index (χ1) is 13.1. The monoisotopic (exact) mass is 384 g/mol. The number of methoxy groups -OCH3 is 2. The number of hydrogen-bond donors (Lipinski definition) is 0. The number of nitrogens with zero attached hydrogens (tertiary/aromatic N) is 2. The molecule has 140 valence electrons. The summed E-state index contributed by atoms with van der Waals surface area (Å²) >= 11 is 1.63. The van der Waals surface area contributed by atoms with Crippen LogP contribution in [-0.2, 0) is 6.42 Å². The third-order valence-electron chi connectivity index (χ3n) is 4.79. The molecule has 3 aromatic rings. The minimum absolute atomic E-state index is 0.134. The van der Waals surface area contributed by atoms with E-state index >= 15 is 0 Å². The van der Waals surface area contributed by atoms with Crippen molar-refractivity contribution in [3.05, 3.63) is 63.2 Å². The van der Waals surface area contributed by atoms with Crippen molar-refractivity contribution in [1.29, 1.82) is 0 Å². The summed E-state index contributed by atoms with van der Waals surface area (Å²) in [6.07, 6.45) is 0.736. The van der Waals surface area contributed by atoms with Crippen LogP contribution in [0.1, 0.15) is 38.3 Å². The van der Waals surface area contributed by atoms with Crippen molar-refractivity contribution in [3.8, 4) is 11.5 Å². The van der Waals surface area contributed by atoms with E-state index in [-0.39, 0.29) is 11.9 Å². The lowest BCUT2D eigenvalue weighted by Gasteiger charge is -2.37. The van der Waals surface area contributed by atoms with Gasteiger partial charge in [0.1, 0.15) is 5.76 Å². The van der Waals surface area contributed by atoms with Crippen LogP contribution in [0.4, 0.5) is 0 Å². The molecule has 6 nitrogen and oxygen atoms in total. The number of rotatable bonds is 4. The molecule has 7 heteroatoms. The smallest absolute Gasteiger partial charge is 0.276 e. The van der Waals surface area contributed by atoms with E-state index in [0.29, 0.717) is 29.5 Å². The maximum absolute atomic E-state index is 13.2. The second-order valence-corrected chi connectivity index (χ2v) is 7.37. The van der Waals surface area contributed by atoms with E-state index in [9.17, 15) is 4.79 Å². The van der Waals surface area contributed by atoms with Gasteiger partial charge in [0, 0.05) is 17.5 Å². The Morgan fingerprint density at radius 2 is 2.04 bits per heavy atom. The lowest BCUT2D eigenvalue weighted by Crippen LogP contribution is -2.40. The maximum Gasteiger partial charge on any atom is 0.276 e. The van der Waals surface area contributed by atoms with Gasteiger partial charge in [-0.1, -0.05) is 11.2 Å². The van der Waals surface area contributed by atoms with Gasteiger partial charge in [-0.25, -0.2) is 0 Å². The molecule has 1 amide bonds. The third kappa shape index (κ3) is 3.08. The molecule has 1 atom stereocenters. The quantitative estimate of drug-likeness (QED) is 0.684. The number of ether oxygens (including phenoxy) is 2. The van der Waals surface area contributed by atoms with Gasteiger partial charge in [0.15, 0.2) is 17.2 Å². The van der Waals surface area contributed by atoms with Crippen LogP contribution in [0.15, 0.2) is 40.2 Å². The van der Waals surface area contributed by atoms with Crippen molar-refractivity contribution in [2.75, 3.05) is 20.8 Å². The maximum atomic E-state index is 13.2. The number of thiophene rings is 1. The second-order valence-electron chi connectivity index (χ2n) is 6.40. The Bertz CT molecular complexity index is 965. The summed E-state index contributed by atoms with van der Waals surface area (Å²) in [5.74, 6) is 1.85. The van der Waals surface area contributed by atoms with Crippen LogP contribution in [0.2, 0.25) is 0 Å². The van der Waals surface area contributed by atoms with Gasteiger partial charge < -0.3 is 18.9 Å². The molecular formula is C20H20N2O4S. The van der Waals surface area contributed by atoms with E-state index in [0.717, 1.165) is 22.4 Å². The second kappa shape index (κ2) is 7.08. The van der Waals surface area contributed by atoms with Gasteiger partial charge in [-0.05, 0) is 48.1 Å². The fourth-order valence-electron chi connectivity index (χ4n) is 3.53. The number of amides is 1. The number of carbonyl (C=O) groups excluding carboxylic acids is 1. The molecule has 0 fully saturated rings. The highest BCUT2D eigenvalue weighted by atomic mass is 32.1. The molecule has 1 aliphatic heterocycles. The topological polar surface area (TPSA) is 64.8 Å². The fraction of sp³-hybridized carbons (Fsp3) is 0.300. The van der Waals surface area contributed by atoms with Crippen LogP contribution in [-0.4, -0.2) is 36.7 Å². The first-order valence-electron chi connectivity index (χ1n) is 8.65. The summed E-state index contributed by atoms with van der Waals surface area (Å²) in [5.41, 5.74) is 2.54. The van der Waals surface area contributed by atoms with Gasteiger partial charge in [0.25, 0.3) is 5.91 Å². The van der Waals surface area contributed by atoms with Crippen molar-refractivity contribution in [3.63, 3.8) is 0 Å². The molecular weight excluding hydrogens is 364 g/mol. The van der Waals surface area contributed by atoms with E-state index in [1.54, 1.807) is 38.5 Å². The van der Waals surface area contributed by atoms with Crippen LogP contribution in [0.25, 0.3) is 0 Å². The lowest BCUT2D eigenvalue weighted by molar-refractivity contribution is 0.0686. The number of aromatic nitrogens is 1. The predicted molar refractivity (Wildman–Crippen MR) is 102 cm³/mol. The molecule has 1 aliphatic rings. The van der Waals surface area contributed by atoms with E-state index in [1.165, 1.54) is 0 Å². The summed E-state index contributed by atoms with van der Waals surface area (Å²) in [7, 11) is 3.25. The number of benzene rings is 1. The summed E-state index contributed by atoms with van der Waals surface area (Å²) in [5, 5.41) is 5.94.